The summed E-state index contributed by atoms with van der Waals surface area (Å²) in [5.41, 5.74) is 0.187. The molecular weight excluding hydrogens is 456 g/mol. The lowest BCUT2D eigenvalue weighted by Crippen LogP contribution is -2.59. The van der Waals surface area contributed by atoms with Gasteiger partial charge in [-0.1, -0.05) is 12.1 Å². The van der Waals surface area contributed by atoms with Gasteiger partial charge in [0.2, 0.25) is 6.29 Å². The van der Waals surface area contributed by atoms with E-state index in [9.17, 15) is 45.3 Å². The van der Waals surface area contributed by atoms with Gasteiger partial charge in [-0.05, 0) is 35.9 Å². The van der Waals surface area contributed by atoms with Crippen molar-refractivity contribution in [3.63, 3.8) is 0 Å². The minimum absolute atomic E-state index is 0.0539. The average molecular weight is 478 g/mol. The monoisotopic (exact) mass is 478 g/mol. The third kappa shape index (κ3) is 5.74. The number of phenolic OH excluding ortho intramolecular Hbond substituents is 4. The Morgan fingerprint density at radius 3 is 2.15 bits per heavy atom. The second-order valence-electron chi connectivity index (χ2n) is 7.34. The fraction of sp³-hybridized carbons (Fsp3) is 0.273. The fourth-order valence-corrected chi connectivity index (χ4v) is 3.01. The zero-order valence-electron chi connectivity index (χ0n) is 17.4. The molecule has 182 valence electrons. The van der Waals surface area contributed by atoms with Crippen molar-refractivity contribution in [2.75, 3.05) is 6.61 Å². The largest absolute Gasteiger partial charge is 0.508 e. The molecule has 0 saturated carbocycles. The summed E-state index contributed by atoms with van der Waals surface area (Å²) in [5.74, 6) is -4.45. The molecule has 7 N–H and O–H groups in total. The Hall–Kier alpha value is -3.84. The Kier molecular flexibility index (Phi) is 7.58. The smallest absolute Gasteiger partial charge is 0.340 e. The quantitative estimate of drug-likeness (QED) is 0.163. The van der Waals surface area contributed by atoms with Crippen molar-refractivity contribution in [3.05, 3.63) is 53.6 Å². The molecule has 1 aliphatic heterocycles. The molecule has 0 aliphatic carbocycles. The molecule has 0 aromatic heterocycles. The number of hydrogen-bond acceptors (Lipinski definition) is 12. The van der Waals surface area contributed by atoms with Crippen LogP contribution in [0.2, 0.25) is 0 Å². The van der Waals surface area contributed by atoms with E-state index in [2.05, 4.69) is 0 Å². The van der Waals surface area contributed by atoms with Crippen LogP contribution >= 0.6 is 0 Å². The molecule has 2 aromatic carbocycles. The summed E-state index contributed by atoms with van der Waals surface area (Å²) in [6.07, 6.45) is -6.10. The van der Waals surface area contributed by atoms with Gasteiger partial charge < -0.3 is 50.0 Å². The number of ether oxygens (including phenoxy) is 3. The Labute approximate surface area is 192 Å². The van der Waals surface area contributed by atoms with E-state index in [-0.39, 0.29) is 5.75 Å². The van der Waals surface area contributed by atoms with Gasteiger partial charge in [-0.25, -0.2) is 9.59 Å². The van der Waals surface area contributed by atoms with Crippen molar-refractivity contribution in [3.8, 4) is 23.0 Å². The molecule has 1 aliphatic rings. The van der Waals surface area contributed by atoms with E-state index >= 15 is 0 Å². The van der Waals surface area contributed by atoms with E-state index in [1.54, 1.807) is 12.1 Å². The first-order valence-corrected chi connectivity index (χ1v) is 9.86. The number of rotatable bonds is 6. The molecule has 1 saturated heterocycles. The number of carbonyl (C=O) groups is 2. The van der Waals surface area contributed by atoms with Gasteiger partial charge in [0, 0.05) is 6.08 Å². The van der Waals surface area contributed by atoms with Crippen LogP contribution in [-0.4, -0.2) is 85.0 Å². The van der Waals surface area contributed by atoms with Crippen LogP contribution in [0.3, 0.4) is 0 Å². The zero-order valence-corrected chi connectivity index (χ0v) is 17.4. The highest BCUT2D eigenvalue weighted by atomic mass is 16.7. The van der Waals surface area contributed by atoms with Gasteiger partial charge in [0.1, 0.15) is 36.8 Å². The predicted octanol–water partition coefficient (Wildman–Crippen LogP) is -0.270. The highest BCUT2D eigenvalue weighted by molar-refractivity contribution is 5.91. The third-order valence-electron chi connectivity index (χ3n) is 4.89. The van der Waals surface area contributed by atoms with Crippen molar-refractivity contribution in [2.24, 2.45) is 0 Å². The molecule has 5 atom stereocenters. The lowest BCUT2D eigenvalue weighted by molar-refractivity contribution is -0.285. The molecule has 1 fully saturated rings. The highest BCUT2D eigenvalue weighted by Gasteiger charge is 2.46. The molecule has 0 amide bonds. The normalized spacial score (nSPS) is 24.6. The van der Waals surface area contributed by atoms with Crippen LogP contribution in [0.1, 0.15) is 15.9 Å². The Morgan fingerprint density at radius 2 is 1.53 bits per heavy atom. The lowest BCUT2D eigenvalue weighted by atomic mass is 9.99. The number of hydrogen-bond donors (Lipinski definition) is 7. The summed E-state index contributed by atoms with van der Waals surface area (Å²) < 4.78 is 15.2. The van der Waals surface area contributed by atoms with Gasteiger partial charge in [0.25, 0.3) is 0 Å². The molecule has 0 radical (unpaired) electrons. The molecule has 0 bridgehead atoms. The molecule has 0 spiro atoms. The summed E-state index contributed by atoms with van der Waals surface area (Å²) in [7, 11) is 0. The minimum Gasteiger partial charge on any atom is -0.508 e. The van der Waals surface area contributed by atoms with Crippen LogP contribution in [-0.2, 0) is 19.0 Å². The molecule has 1 heterocycles. The number of aliphatic hydroxyl groups excluding tert-OH is 3. The van der Waals surface area contributed by atoms with E-state index in [0.29, 0.717) is 5.56 Å². The number of aromatic hydroxyl groups is 4. The third-order valence-corrected chi connectivity index (χ3v) is 4.89. The maximum Gasteiger partial charge on any atom is 0.340 e. The number of carbonyl (C=O) groups excluding carboxylic acids is 2. The first-order valence-electron chi connectivity index (χ1n) is 9.86. The molecule has 12 heteroatoms. The number of benzene rings is 2. The summed E-state index contributed by atoms with van der Waals surface area (Å²) in [5, 5.41) is 67.9. The number of esters is 2. The number of aliphatic hydroxyl groups is 3. The highest BCUT2D eigenvalue weighted by Crippen LogP contribution is 2.36. The summed E-state index contributed by atoms with van der Waals surface area (Å²) in [6.45, 7) is -0.571. The van der Waals surface area contributed by atoms with Gasteiger partial charge in [0.05, 0.1) is 5.56 Å². The fourth-order valence-electron chi connectivity index (χ4n) is 3.01. The van der Waals surface area contributed by atoms with Gasteiger partial charge in [0.15, 0.2) is 17.2 Å². The second-order valence-corrected chi connectivity index (χ2v) is 7.34. The average Bonchev–Trinajstić information content (AvgIpc) is 2.81. The number of phenols is 4. The summed E-state index contributed by atoms with van der Waals surface area (Å²) in [6, 6.07) is 7.53. The van der Waals surface area contributed by atoms with Crippen LogP contribution in [0.25, 0.3) is 6.08 Å². The van der Waals surface area contributed by atoms with E-state index < -0.39 is 72.1 Å². The van der Waals surface area contributed by atoms with Crippen LogP contribution in [0.4, 0.5) is 0 Å². The zero-order chi connectivity index (χ0) is 25.0. The van der Waals surface area contributed by atoms with E-state index in [0.717, 1.165) is 18.2 Å². The molecular formula is C22H22O12. The SMILES string of the molecule is O=C(/C=C/c1ccc(O)cc1)OC[C@H]1O[C@@H](OC(=O)c2cc(O)c(O)c(O)c2)[C@@H](O)[C@@H](O)[C@@H]1O. The van der Waals surface area contributed by atoms with Crippen molar-refractivity contribution in [1.29, 1.82) is 0 Å². The minimum atomic E-state index is -1.88. The summed E-state index contributed by atoms with van der Waals surface area (Å²) in [4.78, 5) is 24.3. The van der Waals surface area contributed by atoms with Gasteiger partial charge in [-0.3, -0.25) is 0 Å². The van der Waals surface area contributed by atoms with Gasteiger partial charge in [-0.15, -0.1) is 0 Å². The molecule has 34 heavy (non-hydrogen) atoms. The van der Waals surface area contributed by atoms with Gasteiger partial charge in [-0.2, -0.15) is 0 Å². The molecule has 12 nitrogen and oxygen atoms in total. The van der Waals surface area contributed by atoms with E-state index in [1.165, 1.54) is 18.2 Å². The maximum atomic E-state index is 12.3. The van der Waals surface area contributed by atoms with Crippen molar-refractivity contribution in [2.45, 2.75) is 30.7 Å². The van der Waals surface area contributed by atoms with E-state index in [1.807, 2.05) is 0 Å². The molecule has 0 unspecified atom stereocenters. The van der Waals surface area contributed by atoms with Gasteiger partial charge >= 0.3 is 11.9 Å². The van der Waals surface area contributed by atoms with Crippen molar-refractivity contribution < 1.29 is 59.5 Å². The molecule has 2 aromatic rings. The van der Waals surface area contributed by atoms with E-state index in [4.69, 9.17) is 14.2 Å². The predicted molar refractivity (Wildman–Crippen MR) is 112 cm³/mol. The molecule has 3 rings (SSSR count). The van der Waals surface area contributed by atoms with Crippen LogP contribution in [0.15, 0.2) is 42.5 Å². The van der Waals surface area contributed by atoms with Crippen molar-refractivity contribution >= 4 is 18.0 Å². The first-order chi connectivity index (χ1) is 16.1. The second kappa shape index (κ2) is 10.4. The Morgan fingerprint density at radius 1 is 0.912 bits per heavy atom. The van der Waals surface area contributed by atoms with Crippen molar-refractivity contribution in [1.82, 2.24) is 0 Å². The standard InChI is InChI=1S/C22H22O12/c23-12-4-1-10(2-5-12)3-6-16(26)32-9-15-18(28)19(29)20(30)22(33-15)34-21(31)11-7-13(24)17(27)14(25)8-11/h1-8,15,18-20,22-25,27-30H,9H2/b6-3+/t15-,18-,19+,20+,22+/m1/s1. The van der Waals surface area contributed by atoms with Crippen LogP contribution in [0, 0.1) is 0 Å². The topological polar surface area (TPSA) is 203 Å². The maximum absolute atomic E-state index is 12.3. The van der Waals surface area contributed by atoms with Crippen LogP contribution < -0.4 is 0 Å². The Bertz CT molecular complexity index is 1040. The lowest BCUT2D eigenvalue weighted by Gasteiger charge is -2.39. The van der Waals surface area contributed by atoms with Crippen LogP contribution in [0.5, 0.6) is 23.0 Å². The Balaban J connectivity index is 1.62. The summed E-state index contributed by atoms with van der Waals surface area (Å²) >= 11 is 0. The first kappa shape index (κ1) is 24.8.